The molecule has 7 nitrogen and oxygen atoms in total. The van der Waals surface area contributed by atoms with Crippen molar-refractivity contribution in [2.75, 3.05) is 16.8 Å². The van der Waals surface area contributed by atoms with Crippen LogP contribution < -0.4 is 20.7 Å². The summed E-state index contributed by atoms with van der Waals surface area (Å²) in [6.07, 6.45) is -0.459. The Morgan fingerprint density at radius 3 is 2.54 bits per heavy atom. The van der Waals surface area contributed by atoms with E-state index in [0.717, 1.165) is 0 Å². The van der Waals surface area contributed by atoms with Crippen LogP contribution in [-0.2, 0) is 9.59 Å². The maximum absolute atomic E-state index is 12.4. The van der Waals surface area contributed by atoms with Gasteiger partial charge in [-0.3, -0.25) is 14.4 Å². The molecule has 0 aliphatic carbocycles. The highest BCUT2D eigenvalue weighted by molar-refractivity contribution is 6.01. The first-order valence-corrected chi connectivity index (χ1v) is 8.22. The third-order valence-corrected chi connectivity index (χ3v) is 4.09. The zero-order valence-corrected chi connectivity index (χ0v) is 14.3. The summed E-state index contributed by atoms with van der Waals surface area (Å²) in [5.41, 5.74) is 6.77. The van der Waals surface area contributed by atoms with Crippen molar-refractivity contribution in [3.8, 4) is 5.75 Å². The number of carbonyl (C=O) groups excluding carboxylic acids is 3. The summed E-state index contributed by atoms with van der Waals surface area (Å²) in [6.45, 7) is 1.93. The van der Waals surface area contributed by atoms with Gasteiger partial charge in [0, 0.05) is 24.2 Å². The van der Waals surface area contributed by atoms with Crippen LogP contribution in [0.4, 0.5) is 11.4 Å². The summed E-state index contributed by atoms with van der Waals surface area (Å²) >= 11 is 0. The van der Waals surface area contributed by atoms with E-state index in [2.05, 4.69) is 5.32 Å². The quantitative estimate of drug-likeness (QED) is 0.857. The number of nitrogens with one attached hydrogen (secondary N) is 1. The molecule has 2 aromatic rings. The number of benzene rings is 2. The first-order chi connectivity index (χ1) is 12.5. The second-order valence-electron chi connectivity index (χ2n) is 5.96. The molecule has 2 aromatic carbocycles. The van der Waals surface area contributed by atoms with Crippen molar-refractivity contribution in [2.45, 2.75) is 19.4 Å². The van der Waals surface area contributed by atoms with Gasteiger partial charge in [-0.1, -0.05) is 12.1 Å². The van der Waals surface area contributed by atoms with Crippen LogP contribution in [0.15, 0.2) is 48.5 Å². The summed E-state index contributed by atoms with van der Waals surface area (Å²) in [7, 11) is 0. The van der Waals surface area contributed by atoms with Gasteiger partial charge in [-0.2, -0.15) is 0 Å². The number of carbonyl (C=O) groups is 3. The zero-order valence-electron chi connectivity index (χ0n) is 14.3. The molecular formula is C19H19N3O4. The molecule has 1 unspecified atom stereocenters. The van der Waals surface area contributed by atoms with Gasteiger partial charge in [0.1, 0.15) is 5.75 Å². The average molecular weight is 353 g/mol. The predicted octanol–water partition coefficient (Wildman–Crippen LogP) is 1.93. The van der Waals surface area contributed by atoms with Crippen LogP contribution in [0.2, 0.25) is 0 Å². The zero-order chi connectivity index (χ0) is 18.7. The molecule has 134 valence electrons. The van der Waals surface area contributed by atoms with Crippen molar-refractivity contribution in [1.29, 1.82) is 0 Å². The number of primary amides is 1. The van der Waals surface area contributed by atoms with Crippen molar-refractivity contribution >= 4 is 29.1 Å². The number of nitrogens with two attached hydrogens (primary N) is 1. The Balaban J connectivity index is 1.64. The summed E-state index contributed by atoms with van der Waals surface area (Å²) in [5, 5.41) is 2.74. The van der Waals surface area contributed by atoms with Crippen molar-refractivity contribution in [3.63, 3.8) is 0 Å². The van der Waals surface area contributed by atoms with Gasteiger partial charge in [0.2, 0.25) is 11.8 Å². The molecule has 1 atom stereocenters. The van der Waals surface area contributed by atoms with E-state index in [1.54, 1.807) is 48.2 Å². The van der Waals surface area contributed by atoms with Gasteiger partial charge in [0.05, 0.1) is 5.69 Å². The van der Waals surface area contributed by atoms with E-state index in [0.29, 0.717) is 22.7 Å². The summed E-state index contributed by atoms with van der Waals surface area (Å²) in [4.78, 5) is 37.2. The molecule has 3 N–H and O–H groups in total. The molecule has 1 aliphatic heterocycles. The lowest BCUT2D eigenvalue weighted by molar-refractivity contribution is -0.125. The highest BCUT2D eigenvalue weighted by atomic mass is 16.5. The molecule has 1 heterocycles. The summed E-state index contributed by atoms with van der Waals surface area (Å²) < 4.78 is 5.58. The van der Waals surface area contributed by atoms with Gasteiger partial charge < -0.3 is 20.7 Å². The Bertz CT molecular complexity index is 848. The number of fused-ring (bicyclic) bond motifs is 1. The molecule has 0 radical (unpaired) electrons. The molecule has 3 rings (SSSR count). The Labute approximate surface area is 150 Å². The van der Waals surface area contributed by atoms with E-state index in [4.69, 9.17) is 10.5 Å². The third kappa shape index (κ3) is 3.66. The van der Waals surface area contributed by atoms with E-state index in [1.165, 1.54) is 0 Å². The Morgan fingerprint density at radius 1 is 1.15 bits per heavy atom. The number of hydrogen-bond acceptors (Lipinski definition) is 4. The monoisotopic (exact) mass is 353 g/mol. The minimum Gasteiger partial charge on any atom is -0.479 e. The minimum absolute atomic E-state index is 0.129. The summed E-state index contributed by atoms with van der Waals surface area (Å²) in [5.74, 6) is -0.313. The first kappa shape index (κ1) is 17.5. The fourth-order valence-electron chi connectivity index (χ4n) is 2.74. The van der Waals surface area contributed by atoms with E-state index in [1.807, 2.05) is 12.1 Å². The van der Waals surface area contributed by atoms with Crippen molar-refractivity contribution < 1.29 is 19.1 Å². The molecule has 0 saturated carbocycles. The number of amides is 3. The van der Waals surface area contributed by atoms with Crippen LogP contribution in [0.5, 0.6) is 5.75 Å². The molecule has 0 bridgehead atoms. The van der Waals surface area contributed by atoms with Gasteiger partial charge in [0.25, 0.3) is 5.91 Å². The van der Waals surface area contributed by atoms with E-state index in [-0.39, 0.29) is 24.8 Å². The maximum Gasteiger partial charge on any atom is 0.267 e. The minimum atomic E-state index is -0.589. The van der Waals surface area contributed by atoms with Crippen LogP contribution in [0.25, 0.3) is 0 Å². The number of ether oxygens (including phenoxy) is 1. The van der Waals surface area contributed by atoms with Crippen LogP contribution in [0, 0.1) is 0 Å². The SMILES string of the molecule is CC1Oc2ccccc2N(CCC(=O)Nc2ccc(C(N)=O)cc2)C1=O. The molecule has 26 heavy (non-hydrogen) atoms. The summed E-state index contributed by atoms with van der Waals surface area (Å²) in [6, 6.07) is 13.5. The second kappa shape index (κ2) is 7.26. The van der Waals surface area contributed by atoms with E-state index < -0.39 is 12.0 Å². The number of anilines is 2. The van der Waals surface area contributed by atoms with E-state index >= 15 is 0 Å². The lowest BCUT2D eigenvalue weighted by Gasteiger charge is -2.32. The highest BCUT2D eigenvalue weighted by Gasteiger charge is 2.31. The van der Waals surface area contributed by atoms with Crippen molar-refractivity contribution in [2.24, 2.45) is 5.73 Å². The lowest BCUT2D eigenvalue weighted by Crippen LogP contribution is -2.45. The highest BCUT2D eigenvalue weighted by Crippen LogP contribution is 2.33. The second-order valence-corrected chi connectivity index (χ2v) is 5.96. The van der Waals surface area contributed by atoms with Crippen LogP contribution in [0.3, 0.4) is 0 Å². The average Bonchev–Trinajstić information content (AvgIpc) is 2.62. The third-order valence-electron chi connectivity index (χ3n) is 4.09. The fraction of sp³-hybridized carbons (Fsp3) is 0.211. The lowest BCUT2D eigenvalue weighted by atomic mass is 10.1. The van der Waals surface area contributed by atoms with Crippen LogP contribution in [0.1, 0.15) is 23.7 Å². The first-order valence-electron chi connectivity index (χ1n) is 8.22. The van der Waals surface area contributed by atoms with Gasteiger partial charge in [-0.15, -0.1) is 0 Å². The predicted molar refractivity (Wildman–Crippen MR) is 97.1 cm³/mol. The molecular weight excluding hydrogens is 334 g/mol. The van der Waals surface area contributed by atoms with Gasteiger partial charge in [-0.05, 0) is 43.3 Å². The van der Waals surface area contributed by atoms with Gasteiger partial charge in [-0.25, -0.2) is 0 Å². The number of nitrogens with zero attached hydrogens (tertiary/aromatic N) is 1. The van der Waals surface area contributed by atoms with Crippen LogP contribution >= 0.6 is 0 Å². The molecule has 7 heteroatoms. The van der Waals surface area contributed by atoms with Crippen molar-refractivity contribution in [1.82, 2.24) is 0 Å². The number of rotatable bonds is 5. The van der Waals surface area contributed by atoms with Gasteiger partial charge >= 0.3 is 0 Å². The topological polar surface area (TPSA) is 102 Å². The molecule has 0 aromatic heterocycles. The molecule has 0 saturated heterocycles. The molecule has 0 spiro atoms. The van der Waals surface area contributed by atoms with E-state index in [9.17, 15) is 14.4 Å². The smallest absolute Gasteiger partial charge is 0.267 e. The number of para-hydroxylation sites is 2. The van der Waals surface area contributed by atoms with Crippen molar-refractivity contribution in [3.05, 3.63) is 54.1 Å². The molecule has 0 fully saturated rings. The molecule has 1 aliphatic rings. The normalized spacial score (nSPS) is 15.8. The Kier molecular flexibility index (Phi) is 4.88. The Morgan fingerprint density at radius 2 is 1.85 bits per heavy atom. The largest absolute Gasteiger partial charge is 0.479 e. The van der Waals surface area contributed by atoms with Crippen LogP contribution in [-0.4, -0.2) is 30.4 Å². The number of hydrogen-bond donors (Lipinski definition) is 2. The Hall–Kier alpha value is -3.35. The fourth-order valence-corrected chi connectivity index (χ4v) is 2.74. The standard InChI is InChI=1S/C19H19N3O4/c1-12-19(25)22(15-4-2-3-5-16(15)26-12)11-10-17(23)21-14-8-6-13(7-9-14)18(20)24/h2-9,12H,10-11H2,1H3,(H2,20,24)(H,21,23). The maximum atomic E-state index is 12.4. The molecule has 3 amide bonds. The van der Waals surface area contributed by atoms with Gasteiger partial charge in [0.15, 0.2) is 6.10 Å².